The molecule has 0 saturated carbocycles. The molecule has 3 rings (SSSR count). The van der Waals surface area contributed by atoms with Crippen LogP contribution < -0.4 is 10.9 Å². The average molecular weight is 450 g/mol. The van der Waals surface area contributed by atoms with Gasteiger partial charge in [-0.3, -0.25) is 9.59 Å². The van der Waals surface area contributed by atoms with Crippen molar-refractivity contribution in [1.29, 1.82) is 0 Å². The Morgan fingerprint density at radius 2 is 1.83 bits per heavy atom. The molecule has 3 aromatic rings. The molecule has 0 fully saturated rings. The van der Waals surface area contributed by atoms with E-state index in [2.05, 4.69) is 10.4 Å². The molecule has 0 unspecified atom stereocenters. The van der Waals surface area contributed by atoms with Gasteiger partial charge in [0.1, 0.15) is 12.4 Å². The third-order valence-corrected chi connectivity index (χ3v) is 6.06. The van der Waals surface area contributed by atoms with Crippen LogP contribution in [0.15, 0.2) is 75.4 Å². The van der Waals surface area contributed by atoms with Gasteiger partial charge in [-0.15, -0.1) is 0 Å². The van der Waals surface area contributed by atoms with Gasteiger partial charge in [0.15, 0.2) is 5.03 Å². The number of carbonyl (C=O) groups is 1. The Labute approximate surface area is 177 Å². The zero-order chi connectivity index (χ0) is 21.7. The Morgan fingerprint density at radius 3 is 2.53 bits per heavy atom. The zero-order valence-electron chi connectivity index (χ0n) is 15.6. The number of rotatable bonds is 7. The maximum Gasteiger partial charge on any atom is 0.267 e. The molecule has 0 aliphatic heterocycles. The molecule has 2 aromatic carbocycles. The highest BCUT2D eigenvalue weighted by molar-refractivity contribution is 7.91. The van der Waals surface area contributed by atoms with Crippen molar-refractivity contribution in [3.63, 3.8) is 0 Å². The Kier molecular flexibility index (Phi) is 6.63. The first-order valence-corrected chi connectivity index (χ1v) is 10.7. The fourth-order valence-corrected chi connectivity index (χ4v) is 3.98. The van der Waals surface area contributed by atoms with E-state index in [1.165, 1.54) is 12.1 Å². The summed E-state index contributed by atoms with van der Waals surface area (Å²) in [6.07, 6.45) is 0.555. The van der Waals surface area contributed by atoms with E-state index in [1.807, 2.05) is 12.1 Å². The van der Waals surface area contributed by atoms with E-state index in [-0.39, 0.29) is 4.90 Å². The quantitative estimate of drug-likeness (QED) is 0.596. The number of amides is 1. The number of sulfone groups is 1. The first-order valence-electron chi connectivity index (χ1n) is 8.86. The molecule has 0 saturated heterocycles. The summed E-state index contributed by atoms with van der Waals surface area (Å²) >= 11 is 5.82. The van der Waals surface area contributed by atoms with E-state index in [4.69, 9.17) is 11.6 Å². The van der Waals surface area contributed by atoms with Crippen LogP contribution in [0.1, 0.15) is 5.56 Å². The van der Waals surface area contributed by atoms with Crippen LogP contribution in [0, 0.1) is 5.82 Å². The van der Waals surface area contributed by atoms with Gasteiger partial charge in [-0.05, 0) is 48.4 Å². The van der Waals surface area contributed by atoms with Crippen molar-refractivity contribution >= 4 is 27.3 Å². The third-order valence-electron chi connectivity index (χ3n) is 4.17. The highest BCUT2D eigenvalue weighted by atomic mass is 35.5. The van der Waals surface area contributed by atoms with Crippen LogP contribution in [0.3, 0.4) is 0 Å². The van der Waals surface area contributed by atoms with E-state index in [0.29, 0.717) is 18.0 Å². The second kappa shape index (κ2) is 9.19. The number of carbonyl (C=O) groups excluding carboxylic acids is 1. The van der Waals surface area contributed by atoms with Gasteiger partial charge < -0.3 is 5.32 Å². The van der Waals surface area contributed by atoms with E-state index >= 15 is 0 Å². The zero-order valence-corrected chi connectivity index (χ0v) is 17.2. The topological polar surface area (TPSA) is 98.1 Å². The minimum Gasteiger partial charge on any atom is -0.354 e. The van der Waals surface area contributed by atoms with Crippen LogP contribution in [0.25, 0.3) is 0 Å². The molecular formula is C20H17ClFN3O4S. The van der Waals surface area contributed by atoms with Crippen molar-refractivity contribution in [1.82, 2.24) is 15.1 Å². The molecule has 30 heavy (non-hydrogen) atoms. The number of aromatic nitrogens is 2. The number of hydrogen-bond acceptors (Lipinski definition) is 5. The van der Waals surface area contributed by atoms with Crippen molar-refractivity contribution in [2.75, 3.05) is 6.54 Å². The molecular weight excluding hydrogens is 433 g/mol. The fraction of sp³-hybridized carbons (Fsp3) is 0.150. The summed E-state index contributed by atoms with van der Waals surface area (Å²) in [5.74, 6) is -1.22. The maximum absolute atomic E-state index is 13.4. The van der Waals surface area contributed by atoms with Gasteiger partial charge in [-0.2, -0.15) is 5.10 Å². The van der Waals surface area contributed by atoms with Gasteiger partial charge in [0, 0.05) is 17.6 Å². The minimum absolute atomic E-state index is 0.299. The molecule has 1 heterocycles. The lowest BCUT2D eigenvalue weighted by Crippen LogP contribution is -2.35. The Hall–Kier alpha value is -3.04. The minimum atomic E-state index is -4.15. The van der Waals surface area contributed by atoms with Crippen LogP contribution in [-0.4, -0.2) is 30.7 Å². The number of hydrogen-bond donors (Lipinski definition) is 1. The molecule has 1 N–H and O–H groups in total. The van der Waals surface area contributed by atoms with Gasteiger partial charge in [0.25, 0.3) is 5.56 Å². The summed E-state index contributed by atoms with van der Waals surface area (Å²) in [6.45, 7) is -0.136. The smallest absolute Gasteiger partial charge is 0.267 e. The largest absolute Gasteiger partial charge is 0.354 e. The molecule has 1 amide bonds. The first kappa shape index (κ1) is 21.7. The van der Waals surface area contributed by atoms with Gasteiger partial charge in [0.05, 0.1) is 4.90 Å². The molecule has 0 atom stereocenters. The molecule has 10 heteroatoms. The molecule has 0 spiro atoms. The van der Waals surface area contributed by atoms with Crippen LogP contribution in [0.2, 0.25) is 5.02 Å². The number of benzene rings is 2. The van der Waals surface area contributed by atoms with Gasteiger partial charge in [-0.25, -0.2) is 17.5 Å². The van der Waals surface area contributed by atoms with Crippen molar-refractivity contribution < 1.29 is 17.6 Å². The Balaban J connectivity index is 1.70. The third kappa shape index (κ3) is 5.31. The van der Waals surface area contributed by atoms with Gasteiger partial charge in [-0.1, -0.05) is 29.8 Å². The molecule has 0 radical (unpaired) electrons. The van der Waals surface area contributed by atoms with E-state index in [9.17, 15) is 22.4 Å². The molecule has 0 bridgehead atoms. The number of nitrogens with one attached hydrogen (secondary N) is 1. The molecule has 156 valence electrons. The summed E-state index contributed by atoms with van der Waals surface area (Å²) in [5, 5.41) is 6.59. The van der Waals surface area contributed by atoms with Crippen LogP contribution >= 0.6 is 11.6 Å². The lowest BCUT2D eigenvalue weighted by atomic mass is 10.1. The van der Waals surface area contributed by atoms with Crippen molar-refractivity contribution in [2.45, 2.75) is 22.9 Å². The van der Waals surface area contributed by atoms with E-state index < -0.39 is 38.7 Å². The lowest BCUT2D eigenvalue weighted by Gasteiger charge is -2.09. The number of halogens is 2. The van der Waals surface area contributed by atoms with Crippen LogP contribution in [0.5, 0.6) is 0 Å². The average Bonchev–Trinajstić information content (AvgIpc) is 2.71. The van der Waals surface area contributed by atoms with Crippen molar-refractivity contribution in [3.8, 4) is 0 Å². The predicted octanol–water partition coefficient (Wildman–Crippen LogP) is 2.23. The highest BCUT2D eigenvalue weighted by Gasteiger charge is 2.21. The Morgan fingerprint density at radius 1 is 1.10 bits per heavy atom. The summed E-state index contributed by atoms with van der Waals surface area (Å²) < 4.78 is 39.4. The Bertz CT molecular complexity index is 1230. The summed E-state index contributed by atoms with van der Waals surface area (Å²) in [7, 11) is -4.15. The monoisotopic (exact) mass is 449 g/mol. The lowest BCUT2D eigenvalue weighted by molar-refractivity contribution is -0.121. The molecule has 1 aromatic heterocycles. The molecule has 0 aliphatic carbocycles. The fourth-order valence-electron chi connectivity index (χ4n) is 2.63. The summed E-state index contributed by atoms with van der Waals surface area (Å²) in [5.41, 5.74) is 0.333. The normalized spacial score (nSPS) is 11.3. The summed E-state index contributed by atoms with van der Waals surface area (Å²) in [6, 6.07) is 13.6. The van der Waals surface area contributed by atoms with Crippen LogP contribution in [0.4, 0.5) is 4.39 Å². The van der Waals surface area contributed by atoms with Crippen LogP contribution in [-0.2, 0) is 27.6 Å². The van der Waals surface area contributed by atoms with E-state index in [1.54, 1.807) is 12.1 Å². The predicted molar refractivity (Wildman–Crippen MR) is 109 cm³/mol. The standard InChI is InChI=1S/C20H17ClFN3O4S/c21-15-6-4-14(5-7-15)10-11-23-18(26)13-25-20(27)9-8-19(24-25)30(28,29)17-3-1-2-16(22)12-17/h1-9,12H,10-11,13H2,(H,23,26). The van der Waals surface area contributed by atoms with Crippen molar-refractivity contribution in [2.24, 2.45) is 0 Å². The summed E-state index contributed by atoms with van der Waals surface area (Å²) in [4.78, 5) is 23.9. The number of nitrogens with zero attached hydrogens (tertiary/aromatic N) is 2. The second-order valence-electron chi connectivity index (χ2n) is 6.35. The molecule has 7 nitrogen and oxygen atoms in total. The SMILES string of the molecule is O=C(Cn1nc(S(=O)(=O)c2cccc(F)c2)ccc1=O)NCCc1ccc(Cl)cc1. The van der Waals surface area contributed by atoms with E-state index in [0.717, 1.165) is 34.5 Å². The first-order chi connectivity index (χ1) is 14.3. The van der Waals surface area contributed by atoms with Gasteiger partial charge >= 0.3 is 0 Å². The van der Waals surface area contributed by atoms with Crippen molar-refractivity contribution in [3.05, 3.63) is 87.4 Å². The molecule has 0 aliphatic rings. The maximum atomic E-state index is 13.4. The second-order valence-corrected chi connectivity index (χ2v) is 8.69. The van der Waals surface area contributed by atoms with Gasteiger partial charge in [0.2, 0.25) is 15.7 Å². The highest BCUT2D eigenvalue weighted by Crippen LogP contribution is 2.18.